The molecule has 0 bridgehead atoms. The molecule has 1 aliphatic heterocycles. The van der Waals surface area contributed by atoms with Gasteiger partial charge in [0, 0.05) is 0 Å². The molecule has 0 aliphatic carbocycles. The van der Waals surface area contributed by atoms with Crippen molar-refractivity contribution in [1.29, 1.82) is 0 Å². The molecule has 1 aliphatic rings. The van der Waals surface area contributed by atoms with Crippen LogP contribution >= 0.6 is 0 Å². The van der Waals surface area contributed by atoms with Crippen molar-refractivity contribution in [2.45, 2.75) is 288 Å². The second kappa shape index (κ2) is 39.0. The maximum Gasteiger partial charge on any atom is 0.249 e. The molecular weight excluding hydrogens is 735 g/mol. The average Bonchev–Trinajstić information content (AvgIpc) is 3.22. The van der Waals surface area contributed by atoms with E-state index in [0.29, 0.717) is 12.8 Å². The molecule has 7 N–H and O–H groups in total. The van der Waals surface area contributed by atoms with E-state index in [4.69, 9.17) is 9.47 Å². The van der Waals surface area contributed by atoms with Crippen LogP contribution in [-0.4, -0.2) is 98.7 Å². The van der Waals surface area contributed by atoms with Gasteiger partial charge in [-0.25, -0.2) is 0 Å². The van der Waals surface area contributed by atoms with E-state index in [1.165, 1.54) is 167 Å². The summed E-state index contributed by atoms with van der Waals surface area (Å²) in [6.07, 6.45) is 32.9. The number of hydrogen-bond donors (Lipinski definition) is 7. The van der Waals surface area contributed by atoms with Crippen LogP contribution in [0.15, 0.2) is 0 Å². The van der Waals surface area contributed by atoms with Gasteiger partial charge in [0.1, 0.15) is 30.5 Å². The highest BCUT2D eigenvalue weighted by Gasteiger charge is 2.44. The zero-order valence-electron chi connectivity index (χ0n) is 37.7. The summed E-state index contributed by atoms with van der Waals surface area (Å²) >= 11 is 0. The number of aliphatic hydroxyl groups is 6. The maximum atomic E-state index is 13.1. The van der Waals surface area contributed by atoms with Crippen LogP contribution in [0.5, 0.6) is 0 Å². The Labute approximate surface area is 356 Å². The number of aliphatic hydroxyl groups excluding tert-OH is 6. The standard InChI is InChI=1S/C48H95NO9/c1-3-5-7-9-11-13-15-17-18-19-20-21-22-23-25-27-29-31-33-35-37-42(52)47(56)49-40(39-57-48-46(55)45(54)44(53)43(38-50)58-48)41(51)36-34-32-30-28-26-24-16-14-12-10-8-6-4-2/h40-46,48,50-55H,3-39H2,1-2H3,(H,49,56)/t40-,41+,42-,43+,44-,45-,46+,48-/m0/s1. The van der Waals surface area contributed by atoms with E-state index in [9.17, 15) is 35.4 Å². The first kappa shape index (κ1) is 55.2. The minimum atomic E-state index is -1.59. The Morgan fingerprint density at radius 2 is 0.862 bits per heavy atom. The zero-order valence-corrected chi connectivity index (χ0v) is 37.7. The van der Waals surface area contributed by atoms with Crippen molar-refractivity contribution in [3.8, 4) is 0 Å². The van der Waals surface area contributed by atoms with Crippen LogP contribution in [0.1, 0.15) is 239 Å². The molecule has 0 saturated carbocycles. The number of hydrogen-bond acceptors (Lipinski definition) is 9. The van der Waals surface area contributed by atoms with E-state index in [1.807, 2.05) is 0 Å². The maximum absolute atomic E-state index is 13.1. The van der Waals surface area contributed by atoms with Gasteiger partial charge in [-0.1, -0.05) is 226 Å². The lowest BCUT2D eigenvalue weighted by molar-refractivity contribution is -0.302. The number of rotatable bonds is 42. The molecule has 10 heteroatoms. The molecule has 1 amide bonds. The normalized spacial score (nSPS) is 21.3. The molecule has 1 heterocycles. The number of nitrogens with one attached hydrogen (secondary N) is 1. The van der Waals surface area contributed by atoms with Crippen LogP contribution in [0.3, 0.4) is 0 Å². The van der Waals surface area contributed by atoms with Crippen LogP contribution in [0.2, 0.25) is 0 Å². The van der Waals surface area contributed by atoms with Crippen LogP contribution in [0.4, 0.5) is 0 Å². The molecule has 346 valence electrons. The van der Waals surface area contributed by atoms with Crippen molar-refractivity contribution in [3.63, 3.8) is 0 Å². The van der Waals surface area contributed by atoms with Crippen LogP contribution in [-0.2, 0) is 14.3 Å². The van der Waals surface area contributed by atoms with Gasteiger partial charge in [0.2, 0.25) is 5.91 Å². The van der Waals surface area contributed by atoms with E-state index >= 15 is 0 Å². The number of carbonyl (C=O) groups excluding carboxylic acids is 1. The van der Waals surface area contributed by atoms with Gasteiger partial charge in [-0.3, -0.25) is 4.79 Å². The SMILES string of the molecule is CCCCCCCCCCCCCCCCCCCCCC[C@H](O)C(=O)N[C@@H](CO[C@H]1O[C@H](CO)[C@H](O)[C@H](O)[C@H]1O)[C@H](O)CCCCCCCCCCCCCCC. The fourth-order valence-corrected chi connectivity index (χ4v) is 8.23. The highest BCUT2D eigenvalue weighted by atomic mass is 16.7. The number of amides is 1. The van der Waals surface area contributed by atoms with Gasteiger partial charge >= 0.3 is 0 Å². The van der Waals surface area contributed by atoms with E-state index in [0.717, 1.165) is 44.9 Å². The molecule has 0 aromatic heterocycles. The van der Waals surface area contributed by atoms with E-state index < -0.39 is 61.5 Å². The minimum absolute atomic E-state index is 0.250. The minimum Gasteiger partial charge on any atom is -0.394 e. The molecule has 8 atom stereocenters. The van der Waals surface area contributed by atoms with Crippen molar-refractivity contribution in [2.75, 3.05) is 13.2 Å². The van der Waals surface area contributed by atoms with E-state index in [-0.39, 0.29) is 6.61 Å². The van der Waals surface area contributed by atoms with Gasteiger partial charge in [0.15, 0.2) is 6.29 Å². The topological polar surface area (TPSA) is 169 Å². The fourth-order valence-electron chi connectivity index (χ4n) is 8.23. The summed E-state index contributed by atoms with van der Waals surface area (Å²) in [6, 6.07) is -0.887. The Kier molecular flexibility index (Phi) is 37.1. The van der Waals surface area contributed by atoms with Gasteiger partial charge < -0.3 is 45.4 Å². The van der Waals surface area contributed by atoms with Gasteiger partial charge in [0.05, 0.1) is 25.4 Å². The summed E-state index contributed by atoms with van der Waals surface area (Å²) in [6.45, 7) is 3.69. The third kappa shape index (κ3) is 28.6. The third-order valence-electron chi connectivity index (χ3n) is 12.3. The van der Waals surface area contributed by atoms with Crippen LogP contribution in [0.25, 0.3) is 0 Å². The van der Waals surface area contributed by atoms with E-state index in [2.05, 4.69) is 19.2 Å². The third-order valence-corrected chi connectivity index (χ3v) is 12.3. The van der Waals surface area contributed by atoms with Crippen molar-refractivity contribution in [3.05, 3.63) is 0 Å². The van der Waals surface area contributed by atoms with Crippen molar-refractivity contribution in [1.82, 2.24) is 5.32 Å². The number of carbonyl (C=O) groups is 1. The Hall–Kier alpha value is -0.850. The number of unbranched alkanes of at least 4 members (excludes halogenated alkanes) is 31. The lowest BCUT2D eigenvalue weighted by Crippen LogP contribution is -2.60. The summed E-state index contributed by atoms with van der Waals surface area (Å²) in [5.74, 6) is -0.579. The monoisotopic (exact) mass is 830 g/mol. The number of ether oxygens (including phenoxy) is 2. The first-order chi connectivity index (χ1) is 28.3. The molecule has 0 unspecified atom stereocenters. The summed E-state index contributed by atoms with van der Waals surface area (Å²) in [7, 11) is 0. The molecule has 1 rings (SSSR count). The van der Waals surface area contributed by atoms with Gasteiger partial charge in [-0.2, -0.15) is 0 Å². The predicted molar refractivity (Wildman–Crippen MR) is 237 cm³/mol. The quantitative estimate of drug-likeness (QED) is 0.0296. The van der Waals surface area contributed by atoms with Crippen LogP contribution < -0.4 is 5.32 Å². The molecule has 0 aromatic rings. The van der Waals surface area contributed by atoms with E-state index in [1.54, 1.807) is 0 Å². The Balaban J connectivity index is 2.31. The van der Waals surface area contributed by atoms with Crippen molar-refractivity contribution >= 4 is 5.91 Å². The molecule has 0 radical (unpaired) electrons. The summed E-state index contributed by atoms with van der Waals surface area (Å²) < 4.78 is 11.2. The van der Waals surface area contributed by atoms with Crippen molar-refractivity contribution in [2.24, 2.45) is 0 Å². The largest absolute Gasteiger partial charge is 0.394 e. The first-order valence-electron chi connectivity index (χ1n) is 24.8. The molecule has 10 nitrogen and oxygen atoms in total. The Morgan fingerprint density at radius 3 is 1.22 bits per heavy atom. The Bertz CT molecular complexity index is 895. The van der Waals surface area contributed by atoms with Crippen LogP contribution in [0, 0.1) is 0 Å². The predicted octanol–water partition coefficient (Wildman–Crippen LogP) is 9.70. The smallest absolute Gasteiger partial charge is 0.249 e. The molecule has 1 fully saturated rings. The lowest BCUT2D eigenvalue weighted by atomic mass is 9.99. The average molecular weight is 830 g/mol. The van der Waals surface area contributed by atoms with Gasteiger partial charge in [-0.05, 0) is 12.8 Å². The highest BCUT2D eigenvalue weighted by molar-refractivity contribution is 5.80. The van der Waals surface area contributed by atoms with Gasteiger partial charge in [0.25, 0.3) is 0 Å². The molecule has 0 spiro atoms. The fraction of sp³-hybridized carbons (Fsp3) is 0.979. The molecular formula is C48H95NO9. The van der Waals surface area contributed by atoms with Gasteiger partial charge in [-0.15, -0.1) is 0 Å². The second-order valence-corrected chi connectivity index (χ2v) is 17.8. The van der Waals surface area contributed by atoms with Crippen molar-refractivity contribution < 1.29 is 44.9 Å². The Morgan fingerprint density at radius 1 is 0.517 bits per heavy atom. The summed E-state index contributed by atoms with van der Waals surface area (Å²) in [4.78, 5) is 13.1. The zero-order chi connectivity index (χ0) is 42.5. The molecule has 1 saturated heterocycles. The second-order valence-electron chi connectivity index (χ2n) is 17.8. The molecule has 58 heavy (non-hydrogen) atoms. The highest BCUT2D eigenvalue weighted by Crippen LogP contribution is 2.23. The molecule has 0 aromatic carbocycles. The first-order valence-corrected chi connectivity index (χ1v) is 24.8. The summed E-state index contributed by atoms with van der Waals surface area (Å²) in [5, 5.41) is 64.9. The summed E-state index contributed by atoms with van der Waals surface area (Å²) in [5.41, 5.74) is 0. The lowest BCUT2D eigenvalue weighted by Gasteiger charge is -2.40.